The lowest BCUT2D eigenvalue weighted by Gasteiger charge is -2.14. The van der Waals surface area contributed by atoms with E-state index in [0.29, 0.717) is 17.4 Å². The number of rotatable bonds is 5. The maximum Gasteiger partial charge on any atom is 0.240 e. The molecule has 0 unspecified atom stereocenters. The quantitative estimate of drug-likeness (QED) is 0.828. The Morgan fingerprint density at radius 2 is 2.35 bits per heavy atom. The summed E-state index contributed by atoms with van der Waals surface area (Å²) in [5.74, 6) is 0.776. The molecule has 6 heteroatoms. The fourth-order valence-corrected chi connectivity index (χ4v) is 3.13. The van der Waals surface area contributed by atoms with Gasteiger partial charge in [-0.15, -0.1) is 0 Å². The minimum atomic E-state index is -0.0137. The highest BCUT2D eigenvalue weighted by Crippen LogP contribution is 2.29. The minimum Gasteiger partial charge on any atom is -0.399 e. The van der Waals surface area contributed by atoms with E-state index in [4.69, 9.17) is 5.73 Å². The standard InChI is InChI=1S/C14H18N4OS/c1-18(7-9-2-3-9)8-13(19)17-14-16-11-5-4-10(15)6-12(11)20-14/h4-6,9H,2-3,7-8,15H2,1H3,(H,16,17,19). The van der Waals surface area contributed by atoms with Crippen LogP contribution < -0.4 is 11.1 Å². The molecule has 1 aliphatic carbocycles. The van der Waals surface area contributed by atoms with Crippen LogP contribution in [0.25, 0.3) is 10.2 Å². The van der Waals surface area contributed by atoms with Gasteiger partial charge in [0.1, 0.15) is 0 Å². The summed E-state index contributed by atoms with van der Waals surface area (Å²) < 4.78 is 0.992. The number of benzene rings is 1. The molecule has 1 fully saturated rings. The van der Waals surface area contributed by atoms with Crippen molar-refractivity contribution in [3.05, 3.63) is 18.2 Å². The monoisotopic (exact) mass is 290 g/mol. The molecule has 0 saturated heterocycles. The number of nitrogen functional groups attached to an aromatic ring is 1. The minimum absolute atomic E-state index is 0.0137. The van der Waals surface area contributed by atoms with Crippen LogP contribution in [-0.4, -0.2) is 35.9 Å². The van der Waals surface area contributed by atoms with Gasteiger partial charge in [-0.3, -0.25) is 9.69 Å². The van der Waals surface area contributed by atoms with Crippen molar-refractivity contribution in [2.45, 2.75) is 12.8 Å². The number of carbonyl (C=O) groups excluding carboxylic acids is 1. The molecule has 0 spiro atoms. The van der Waals surface area contributed by atoms with Crippen LogP contribution in [0, 0.1) is 5.92 Å². The molecule has 1 saturated carbocycles. The molecule has 1 aromatic carbocycles. The lowest BCUT2D eigenvalue weighted by molar-refractivity contribution is -0.117. The molecule has 0 bridgehead atoms. The SMILES string of the molecule is CN(CC(=O)Nc1nc2ccc(N)cc2s1)CC1CC1. The number of hydrogen-bond donors (Lipinski definition) is 2. The highest BCUT2D eigenvalue weighted by Gasteiger charge is 2.23. The number of amides is 1. The van der Waals surface area contributed by atoms with Crippen LogP contribution in [0.3, 0.4) is 0 Å². The van der Waals surface area contributed by atoms with E-state index in [0.717, 1.165) is 22.7 Å². The van der Waals surface area contributed by atoms with Gasteiger partial charge in [0.05, 0.1) is 16.8 Å². The molecular weight excluding hydrogens is 272 g/mol. The molecule has 1 amide bonds. The van der Waals surface area contributed by atoms with Crippen molar-refractivity contribution >= 4 is 38.3 Å². The maximum absolute atomic E-state index is 12.0. The number of likely N-dealkylation sites (N-methyl/N-ethyl adjacent to an activating group) is 1. The first-order valence-corrected chi connectivity index (χ1v) is 7.56. The van der Waals surface area contributed by atoms with Crippen molar-refractivity contribution in [1.82, 2.24) is 9.88 Å². The fraction of sp³-hybridized carbons (Fsp3) is 0.429. The number of fused-ring (bicyclic) bond motifs is 1. The van der Waals surface area contributed by atoms with E-state index in [2.05, 4.69) is 15.2 Å². The van der Waals surface area contributed by atoms with E-state index < -0.39 is 0 Å². The summed E-state index contributed by atoms with van der Waals surface area (Å²) in [6, 6.07) is 5.56. The number of thiazole rings is 1. The number of nitrogens with two attached hydrogens (primary N) is 1. The zero-order valence-corrected chi connectivity index (χ0v) is 12.2. The molecule has 0 aliphatic heterocycles. The Hall–Kier alpha value is -1.66. The number of nitrogens with one attached hydrogen (secondary N) is 1. The Balaban J connectivity index is 1.61. The summed E-state index contributed by atoms with van der Waals surface area (Å²) in [4.78, 5) is 18.4. The number of anilines is 2. The topological polar surface area (TPSA) is 71.2 Å². The smallest absolute Gasteiger partial charge is 0.240 e. The van der Waals surface area contributed by atoms with E-state index >= 15 is 0 Å². The second-order valence-corrected chi connectivity index (χ2v) is 6.47. The number of aromatic nitrogens is 1. The van der Waals surface area contributed by atoms with Crippen LogP contribution in [0.4, 0.5) is 10.8 Å². The first-order chi connectivity index (χ1) is 9.60. The second-order valence-electron chi connectivity index (χ2n) is 5.43. The molecule has 3 rings (SSSR count). The number of hydrogen-bond acceptors (Lipinski definition) is 5. The molecule has 1 aliphatic rings. The van der Waals surface area contributed by atoms with E-state index in [1.54, 1.807) is 0 Å². The summed E-state index contributed by atoms with van der Waals surface area (Å²) in [7, 11) is 1.98. The number of carbonyl (C=O) groups is 1. The van der Waals surface area contributed by atoms with Gasteiger partial charge in [0, 0.05) is 12.2 Å². The Bertz CT molecular complexity index is 635. The second kappa shape index (κ2) is 5.38. The zero-order chi connectivity index (χ0) is 14.1. The van der Waals surface area contributed by atoms with Gasteiger partial charge in [-0.1, -0.05) is 11.3 Å². The lowest BCUT2D eigenvalue weighted by Crippen LogP contribution is -2.31. The van der Waals surface area contributed by atoms with Gasteiger partial charge < -0.3 is 11.1 Å². The summed E-state index contributed by atoms with van der Waals surface area (Å²) in [5.41, 5.74) is 7.32. The van der Waals surface area contributed by atoms with Gasteiger partial charge in [0.15, 0.2) is 5.13 Å². The highest BCUT2D eigenvalue weighted by atomic mass is 32.1. The summed E-state index contributed by atoms with van der Waals surface area (Å²) >= 11 is 1.45. The predicted molar refractivity (Wildman–Crippen MR) is 82.9 cm³/mol. The summed E-state index contributed by atoms with van der Waals surface area (Å²) in [5, 5.41) is 3.50. The molecule has 106 valence electrons. The Labute approximate surface area is 121 Å². The Morgan fingerprint density at radius 3 is 3.10 bits per heavy atom. The third kappa shape index (κ3) is 3.26. The molecule has 0 radical (unpaired) electrons. The maximum atomic E-state index is 12.0. The van der Waals surface area contributed by atoms with Crippen LogP contribution in [0.2, 0.25) is 0 Å². The fourth-order valence-electron chi connectivity index (χ4n) is 2.20. The van der Waals surface area contributed by atoms with E-state index in [-0.39, 0.29) is 5.91 Å². The van der Waals surface area contributed by atoms with Crippen molar-refractivity contribution in [1.29, 1.82) is 0 Å². The van der Waals surface area contributed by atoms with Gasteiger partial charge >= 0.3 is 0 Å². The van der Waals surface area contributed by atoms with Crippen LogP contribution in [0.15, 0.2) is 18.2 Å². The molecule has 2 aromatic rings. The largest absolute Gasteiger partial charge is 0.399 e. The third-order valence-corrected chi connectivity index (χ3v) is 4.27. The predicted octanol–water partition coefficient (Wildman–Crippen LogP) is 2.16. The first kappa shape index (κ1) is 13.3. The lowest BCUT2D eigenvalue weighted by atomic mass is 10.3. The molecule has 0 atom stereocenters. The average Bonchev–Trinajstić information content (AvgIpc) is 3.07. The molecule has 3 N–H and O–H groups in total. The number of nitrogens with zero attached hydrogens (tertiary/aromatic N) is 2. The van der Waals surface area contributed by atoms with Gasteiger partial charge in [-0.25, -0.2) is 4.98 Å². The van der Waals surface area contributed by atoms with Gasteiger partial charge in [-0.2, -0.15) is 0 Å². The third-order valence-electron chi connectivity index (χ3n) is 3.34. The summed E-state index contributed by atoms with van der Waals surface area (Å²) in [6.07, 6.45) is 2.59. The van der Waals surface area contributed by atoms with Gasteiger partial charge in [-0.05, 0) is 44.0 Å². The van der Waals surface area contributed by atoms with Crippen molar-refractivity contribution in [3.8, 4) is 0 Å². The van der Waals surface area contributed by atoms with Crippen molar-refractivity contribution in [2.75, 3.05) is 31.2 Å². The highest BCUT2D eigenvalue weighted by molar-refractivity contribution is 7.22. The van der Waals surface area contributed by atoms with Crippen molar-refractivity contribution in [2.24, 2.45) is 5.92 Å². The Morgan fingerprint density at radius 1 is 1.55 bits per heavy atom. The molecule has 5 nitrogen and oxygen atoms in total. The van der Waals surface area contributed by atoms with Gasteiger partial charge in [0.25, 0.3) is 0 Å². The summed E-state index contributed by atoms with van der Waals surface area (Å²) in [6.45, 7) is 1.42. The normalized spacial score (nSPS) is 14.9. The Kier molecular flexibility index (Phi) is 3.58. The molecule has 1 heterocycles. The average molecular weight is 290 g/mol. The van der Waals surface area contributed by atoms with Gasteiger partial charge in [0.2, 0.25) is 5.91 Å². The zero-order valence-electron chi connectivity index (χ0n) is 11.4. The van der Waals surface area contributed by atoms with Crippen LogP contribution in [0.5, 0.6) is 0 Å². The van der Waals surface area contributed by atoms with E-state index in [9.17, 15) is 4.79 Å². The van der Waals surface area contributed by atoms with Crippen LogP contribution >= 0.6 is 11.3 Å². The molecule has 20 heavy (non-hydrogen) atoms. The van der Waals surface area contributed by atoms with Crippen LogP contribution in [-0.2, 0) is 4.79 Å². The van der Waals surface area contributed by atoms with Crippen LogP contribution in [0.1, 0.15) is 12.8 Å². The van der Waals surface area contributed by atoms with E-state index in [1.807, 2.05) is 25.2 Å². The molecular formula is C14H18N4OS. The molecule has 1 aromatic heterocycles. The van der Waals surface area contributed by atoms with E-state index in [1.165, 1.54) is 24.2 Å². The van der Waals surface area contributed by atoms with Crippen molar-refractivity contribution in [3.63, 3.8) is 0 Å². The van der Waals surface area contributed by atoms with Crippen molar-refractivity contribution < 1.29 is 4.79 Å². The first-order valence-electron chi connectivity index (χ1n) is 6.74.